The second kappa shape index (κ2) is 28.0. The van der Waals surface area contributed by atoms with Gasteiger partial charge in [-0.1, -0.05) is 0 Å². The van der Waals surface area contributed by atoms with Gasteiger partial charge in [0.25, 0.3) is 0 Å². The summed E-state index contributed by atoms with van der Waals surface area (Å²) in [6, 6.07) is 26.4. The fraction of sp³-hybridized carbons (Fsp3) is 0.0392. The van der Waals surface area contributed by atoms with Crippen LogP contribution < -0.4 is 28.7 Å². The molecule has 0 spiro atoms. The summed E-state index contributed by atoms with van der Waals surface area (Å²) in [6.45, 7) is 0. The van der Waals surface area contributed by atoms with E-state index in [9.17, 15) is 21.0 Å². The van der Waals surface area contributed by atoms with Gasteiger partial charge in [0, 0.05) is 281 Å². The van der Waals surface area contributed by atoms with E-state index in [1.165, 1.54) is 11.1 Å². The minimum Gasteiger partial charge on any atom is -0.398 e. The molecule has 5 aromatic carbocycles. The SMILES string of the molecule is N=S1(=O)C=Nc2ccc3nccc(N)c3c21.N=S1(=O)CCc2c1ccc1nccc(N)c21.Nc1ccnc2ccc3c(c12)S(=O)(=O)C=N3.Nc1ccnc2ccc3c(c12)S(=O)C=N3.Nc1ccnc2ccc3ncsc3c12.[Ar].[Ar].[Ar].[Ar].[Ar]. The van der Waals surface area contributed by atoms with Gasteiger partial charge >= 0.3 is 0 Å². The van der Waals surface area contributed by atoms with Gasteiger partial charge in [-0.15, -0.1) is 11.3 Å². The molecule has 3 atom stereocenters. The van der Waals surface area contributed by atoms with E-state index in [0.717, 1.165) is 65.4 Å². The summed E-state index contributed by atoms with van der Waals surface area (Å²) >= 11 is 1.60. The van der Waals surface area contributed by atoms with Gasteiger partial charge < -0.3 is 28.7 Å². The second-order valence-electron chi connectivity index (χ2n) is 17.3. The predicted octanol–water partition coefficient (Wildman–Crippen LogP) is 8.96. The number of hydrogen-bond acceptors (Lipinski definition) is 22. The van der Waals surface area contributed by atoms with Crippen LogP contribution in [0.1, 0.15) is 5.56 Å². The third kappa shape index (κ3) is 13.4. The number of nitrogens with two attached hydrogens (primary N) is 5. The van der Waals surface area contributed by atoms with E-state index in [-0.39, 0.29) is 194 Å². The molecule has 6 aromatic heterocycles. The number of aliphatic imine (C=N–C) groups is 3. The number of nitrogens with zero attached hydrogens (tertiary/aromatic N) is 9. The van der Waals surface area contributed by atoms with Crippen LogP contribution >= 0.6 is 11.3 Å². The number of nitrogen functional groups attached to an aromatic ring is 5. The van der Waals surface area contributed by atoms with E-state index in [2.05, 4.69) is 44.9 Å². The largest absolute Gasteiger partial charge is 0.398 e. The van der Waals surface area contributed by atoms with Crippen molar-refractivity contribution in [2.75, 3.05) is 34.4 Å². The molecule has 31 heteroatoms. The molecule has 0 amide bonds. The molecule has 424 valence electrons. The van der Waals surface area contributed by atoms with Crippen molar-refractivity contribution in [2.24, 2.45) is 15.0 Å². The molecule has 15 rings (SSSR count). The fourth-order valence-electron chi connectivity index (χ4n) is 9.14. The van der Waals surface area contributed by atoms with Crippen LogP contribution in [0, 0.1) is 198 Å². The van der Waals surface area contributed by atoms with Crippen LogP contribution in [-0.4, -0.2) is 73.3 Å². The Bertz CT molecular complexity index is 4700. The molecule has 0 saturated heterocycles. The zero-order valence-electron chi connectivity index (χ0n) is 41.5. The van der Waals surface area contributed by atoms with Crippen LogP contribution in [0.15, 0.2) is 162 Å². The number of aryl methyl sites for hydroxylation is 1. The molecular formula is C51H40Ar5N16O5S5. The zero-order valence-corrected chi connectivity index (χ0v) is 49.2. The Morgan fingerprint density at radius 1 is 0.463 bits per heavy atom. The van der Waals surface area contributed by atoms with E-state index >= 15 is 0 Å². The summed E-state index contributed by atoms with van der Waals surface area (Å²) in [4.78, 5) is 38.9. The first kappa shape index (κ1) is 68.5. The maximum atomic E-state index is 12.0. The third-order valence-corrected chi connectivity index (χ3v) is 19.2. The molecule has 0 radical (unpaired) electrons. The Kier molecular flexibility index (Phi) is 23.4. The Morgan fingerprint density at radius 3 is 1.48 bits per heavy atom. The maximum Gasteiger partial charge on any atom is 0.219 e. The molecular weight excluding hydrogens is 1280 g/mol. The smallest absolute Gasteiger partial charge is 0.219 e. The van der Waals surface area contributed by atoms with Crippen LogP contribution in [0.2, 0.25) is 0 Å². The monoisotopic (exact) mass is 1320 g/mol. The second-order valence-corrected chi connectivity index (χ2v) is 25.1. The van der Waals surface area contributed by atoms with Crippen molar-refractivity contribution in [1.29, 1.82) is 9.56 Å². The van der Waals surface area contributed by atoms with Crippen LogP contribution in [0.25, 0.3) is 64.7 Å². The summed E-state index contributed by atoms with van der Waals surface area (Å²) in [6.07, 6.45) is 8.83. The number of sulfone groups is 1. The van der Waals surface area contributed by atoms with E-state index in [0.29, 0.717) is 82.8 Å². The number of rotatable bonds is 0. The van der Waals surface area contributed by atoms with Gasteiger partial charge in [0.05, 0.1) is 101 Å². The molecule has 3 unspecified atom stereocenters. The van der Waals surface area contributed by atoms with Gasteiger partial charge in [-0.3, -0.25) is 24.9 Å². The molecule has 10 heterocycles. The van der Waals surface area contributed by atoms with Crippen LogP contribution in [0.5, 0.6) is 0 Å². The van der Waals surface area contributed by atoms with Gasteiger partial charge in [0.1, 0.15) is 25.7 Å². The number of anilines is 5. The van der Waals surface area contributed by atoms with Crippen molar-refractivity contribution < 1.29 is 210 Å². The normalized spacial score (nSPS) is 17.4. The standard InChI is InChI=1S/C11H11N3OS.C10H8N4OS.C10H7N3O2S.C10H7N3OS.C10H7N3S.5Ar/c12-8-3-5-14-9-1-2-10-7(11(8)9)4-6-16(10,13)15;11-6-3-4-13-7-1-2-8-10(9(6)7)16(12,15)5-14-8;11-6-3-4-12-7-1-2-8-10(9(6)7)16(14,15)5-13-8;11-6-3-4-12-7-1-2-8-10(9(6)7)15(14)5-13-8;11-6-3-4-12-7-1-2-8-10(9(6)7)14-5-13-8;;;;;/h1-3,5,13H,4,6H2,(H2,12,14);1-5,12H,(H2,11,13);1-5H,(H2,11,12);1-5H,(H2,11,12);1-5H,(H2,11,12);;;;;. The number of benzene rings is 5. The average Bonchev–Trinajstić information content (AvgIpc) is 4.45. The number of hydrogen-bond donors (Lipinski definition) is 7. The Morgan fingerprint density at radius 2 is 0.890 bits per heavy atom. The predicted molar refractivity (Wildman–Crippen MR) is 309 cm³/mol. The Labute approximate surface area is 625 Å². The third-order valence-electron chi connectivity index (χ3n) is 12.6. The van der Waals surface area contributed by atoms with Gasteiger partial charge in [-0.2, -0.15) is 0 Å². The number of thiazole rings is 1. The number of pyridine rings is 5. The van der Waals surface area contributed by atoms with Gasteiger partial charge in [-0.05, 0) is 103 Å². The van der Waals surface area contributed by atoms with Crippen molar-refractivity contribution in [3.63, 3.8) is 0 Å². The minimum absolute atomic E-state index is 0. The van der Waals surface area contributed by atoms with Crippen molar-refractivity contribution in [1.82, 2.24) is 29.9 Å². The molecule has 0 bridgehead atoms. The molecule has 0 fully saturated rings. The van der Waals surface area contributed by atoms with E-state index < -0.39 is 40.1 Å². The van der Waals surface area contributed by atoms with Gasteiger partial charge in [0.15, 0.2) is 0 Å². The van der Waals surface area contributed by atoms with Crippen molar-refractivity contribution in [3.05, 3.63) is 133 Å². The topological polar surface area (TPSA) is 378 Å². The maximum absolute atomic E-state index is 12.0. The van der Waals surface area contributed by atoms with Crippen molar-refractivity contribution in [3.8, 4) is 0 Å². The first-order chi connectivity index (χ1) is 36.9. The van der Waals surface area contributed by atoms with Crippen LogP contribution in [-0.2, 0) is 46.5 Å². The molecule has 4 aliphatic heterocycles. The van der Waals surface area contributed by atoms with Crippen LogP contribution in [0.3, 0.4) is 0 Å². The summed E-state index contributed by atoms with van der Waals surface area (Å²) in [5, 5.41) is 3.69. The Balaban J connectivity index is 0.000000162. The average molecular weight is 1320 g/mol. The van der Waals surface area contributed by atoms with Crippen molar-refractivity contribution in [2.45, 2.75) is 26.0 Å². The number of fused-ring (bicyclic) bond motifs is 15. The zero-order chi connectivity index (χ0) is 54.0. The summed E-state index contributed by atoms with van der Waals surface area (Å²) in [5.74, 6) is 0.399. The van der Waals surface area contributed by atoms with Crippen LogP contribution in [0.4, 0.5) is 45.5 Å². The quantitative estimate of drug-likeness (QED) is 0.0744. The molecule has 0 aliphatic carbocycles. The first-order valence-corrected chi connectivity index (χ1v) is 29.8. The molecule has 11 aromatic rings. The van der Waals surface area contributed by atoms with E-state index in [1.54, 1.807) is 103 Å². The first-order valence-electron chi connectivity index (χ1n) is 22.8. The molecule has 0 saturated carbocycles. The molecule has 12 N–H and O–H groups in total. The Hall–Kier alpha value is -2.65. The van der Waals surface area contributed by atoms with Gasteiger partial charge in [0.2, 0.25) is 9.84 Å². The van der Waals surface area contributed by atoms with Gasteiger partial charge in [-0.25, -0.2) is 50.6 Å². The molecule has 82 heavy (non-hydrogen) atoms. The summed E-state index contributed by atoms with van der Waals surface area (Å²) < 4.78 is 75.9. The minimum atomic E-state index is -3.47. The van der Waals surface area contributed by atoms with Crippen molar-refractivity contribution >= 4 is 178 Å². The number of nitrogens with one attached hydrogen (secondary N) is 2. The summed E-state index contributed by atoms with van der Waals surface area (Å²) in [7, 11) is -10.2. The van der Waals surface area contributed by atoms with E-state index in [4.69, 9.17) is 38.2 Å². The number of aromatic nitrogens is 6. The summed E-state index contributed by atoms with van der Waals surface area (Å²) in [5.41, 5.74) is 44.9. The molecule has 4 aliphatic rings. The molecule has 21 nitrogen and oxygen atoms in total. The van der Waals surface area contributed by atoms with E-state index in [1.807, 2.05) is 35.8 Å². The fourth-order valence-corrected chi connectivity index (χ4v) is 15.3.